The summed E-state index contributed by atoms with van der Waals surface area (Å²) in [5, 5.41) is 0. The van der Waals surface area contributed by atoms with Gasteiger partial charge in [-0.3, -0.25) is 0 Å². The monoisotopic (exact) mass is 348 g/mol. The topological polar surface area (TPSA) is 44.8 Å². The van der Waals surface area contributed by atoms with E-state index in [0.29, 0.717) is 30.3 Å². The third-order valence-corrected chi connectivity index (χ3v) is 3.80. The molecule has 0 spiro atoms. The van der Waals surface area contributed by atoms with E-state index in [1.165, 1.54) is 7.11 Å². The fourth-order valence-electron chi connectivity index (χ4n) is 2.46. The largest absolute Gasteiger partial charge is 0.489 e. The maximum absolute atomic E-state index is 11.9. The summed E-state index contributed by atoms with van der Waals surface area (Å²) < 4.78 is 16.5. The van der Waals surface area contributed by atoms with E-state index in [0.717, 1.165) is 11.1 Å². The fourth-order valence-corrected chi connectivity index (χ4v) is 2.46. The highest BCUT2D eigenvalue weighted by molar-refractivity contribution is 5.90. The van der Waals surface area contributed by atoms with Crippen LogP contribution in [-0.2, 0) is 18.0 Å². The first-order valence-electron chi connectivity index (χ1n) is 8.31. The Bertz CT molecular complexity index is 783. The highest BCUT2D eigenvalue weighted by Crippen LogP contribution is 2.25. The zero-order valence-corrected chi connectivity index (χ0v) is 14.6. The van der Waals surface area contributed by atoms with Crippen molar-refractivity contribution in [3.8, 4) is 11.5 Å². The van der Waals surface area contributed by atoms with Gasteiger partial charge in [0.2, 0.25) is 0 Å². The van der Waals surface area contributed by atoms with E-state index in [2.05, 4.69) is 0 Å². The molecule has 4 nitrogen and oxygen atoms in total. The first-order chi connectivity index (χ1) is 12.7. The molecule has 0 fully saturated rings. The van der Waals surface area contributed by atoms with Crippen molar-refractivity contribution >= 4 is 5.97 Å². The van der Waals surface area contributed by atoms with Gasteiger partial charge in [-0.25, -0.2) is 4.79 Å². The predicted octanol–water partition coefficient (Wildman–Crippen LogP) is 4.63. The Morgan fingerprint density at radius 2 is 1.19 bits per heavy atom. The second-order valence-electron chi connectivity index (χ2n) is 5.73. The fraction of sp³-hybridized carbons (Fsp3) is 0.136. The van der Waals surface area contributed by atoms with E-state index in [1.807, 2.05) is 60.7 Å². The first kappa shape index (κ1) is 17.5. The molecule has 26 heavy (non-hydrogen) atoms. The maximum atomic E-state index is 11.9. The number of carbonyl (C=O) groups excluding carboxylic acids is 1. The van der Waals surface area contributed by atoms with Gasteiger partial charge in [0.05, 0.1) is 12.7 Å². The van der Waals surface area contributed by atoms with Crippen LogP contribution < -0.4 is 9.47 Å². The molecule has 0 unspecified atom stereocenters. The lowest BCUT2D eigenvalue weighted by Gasteiger charge is -2.12. The second-order valence-corrected chi connectivity index (χ2v) is 5.73. The molecule has 4 heteroatoms. The molecule has 3 aromatic rings. The standard InChI is InChI=1S/C22H20O4/c1-24-22(23)19-12-20(25-15-17-8-4-2-5-9-17)14-21(13-19)26-16-18-10-6-3-7-11-18/h2-14H,15-16H2,1H3. The van der Waals surface area contributed by atoms with Crippen molar-refractivity contribution in [1.82, 2.24) is 0 Å². The van der Waals surface area contributed by atoms with Crippen LogP contribution >= 0.6 is 0 Å². The van der Waals surface area contributed by atoms with Crippen molar-refractivity contribution in [3.63, 3.8) is 0 Å². The Balaban J connectivity index is 1.75. The molecule has 0 aromatic heterocycles. The summed E-state index contributed by atoms with van der Waals surface area (Å²) in [7, 11) is 1.35. The summed E-state index contributed by atoms with van der Waals surface area (Å²) in [6.07, 6.45) is 0. The van der Waals surface area contributed by atoms with Gasteiger partial charge in [-0.05, 0) is 23.3 Å². The number of rotatable bonds is 7. The van der Waals surface area contributed by atoms with Gasteiger partial charge >= 0.3 is 5.97 Å². The maximum Gasteiger partial charge on any atom is 0.338 e. The van der Waals surface area contributed by atoms with Crippen LogP contribution in [-0.4, -0.2) is 13.1 Å². The quantitative estimate of drug-likeness (QED) is 0.584. The van der Waals surface area contributed by atoms with Gasteiger partial charge in [0.15, 0.2) is 0 Å². The molecule has 0 amide bonds. The third-order valence-electron chi connectivity index (χ3n) is 3.80. The van der Waals surface area contributed by atoms with Crippen LogP contribution in [0.4, 0.5) is 0 Å². The van der Waals surface area contributed by atoms with Gasteiger partial charge < -0.3 is 14.2 Å². The lowest BCUT2D eigenvalue weighted by Crippen LogP contribution is -2.04. The van der Waals surface area contributed by atoms with Gasteiger partial charge in [0, 0.05) is 6.07 Å². The molecule has 0 atom stereocenters. The Hall–Kier alpha value is -3.27. The van der Waals surface area contributed by atoms with Gasteiger partial charge in [0.1, 0.15) is 24.7 Å². The average molecular weight is 348 g/mol. The molecule has 0 aliphatic heterocycles. The molecule has 132 valence electrons. The van der Waals surface area contributed by atoms with Crippen LogP contribution in [0.15, 0.2) is 78.9 Å². The summed E-state index contributed by atoms with van der Waals surface area (Å²) in [6, 6.07) is 24.8. The van der Waals surface area contributed by atoms with Crippen molar-refractivity contribution in [2.75, 3.05) is 7.11 Å². The van der Waals surface area contributed by atoms with Crippen molar-refractivity contribution < 1.29 is 19.0 Å². The highest BCUT2D eigenvalue weighted by Gasteiger charge is 2.11. The number of benzene rings is 3. The second kappa shape index (κ2) is 8.72. The molecule has 3 aromatic carbocycles. The van der Waals surface area contributed by atoms with Crippen LogP contribution in [0.5, 0.6) is 11.5 Å². The highest BCUT2D eigenvalue weighted by atomic mass is 16.5. The SMILES string of the molecule is COC(=O)c1cc(OCc2ccccc2)cc(OCc2ccccc2)c1. The number of esters is 1. The van der Waals surface area contributed by atoms with E-state index in [1.54, 1.807) is 18.2 Å². The summed E-state index contributed by atoms with van der Waals surface area (Å²) in [6.45, 7) is 0.813. The lowest BCUT2D eigenvalue weighted by molar-refractivity contribution is 0.0599. The number of hydrogen-bond acceptors (Lipinski definition) is 4. The van der Waals surface area contributed by atoms with E-state index in [-0.39, 0.29) is 0 Å². The van der Waals surface area contributed by atoms with Crippen molar-refractivity contribution in [1.29, 1.82) is 0 Å². The molecule has 0 aliphatic rings. The average Bonchev–Trinajstić information content (AvgIpc) is 2.71. The summed E-state index contributed by atoms with van der Waals surface area (Å²) in [5.74, 6) is 0.680. The van der Waals surface area contributed by atoms with Crippen molar-refractivity contribution in [2.45, 2.75) is 13.2 Å². The van der Waals surface area contributed by atoms with Gasteiger partial charge in [-0.1, -0.05) is 60.7 Å². The van der Waals surface area contributed by atoms with E-state index >= 15 is 0 Å². The lowest BCUT2D eigenvalue weighted by atomic mass is 10.2. The van der Waals surface area contributed by atoms with Crippen LogP contribution in [0, 0.1) is 0 Å². The minimum Gasteiger partial charge on any atom is -0.489 e. The molecule has 0 saturated carbocycles. The van der Waals surface area contributed by atoms with Crippen LogP contribution in [0.2, 0.25) is 0 Å². The van der Waals surface area contributed by atoms with E-state index < -0.39 is 5.97 Å². The number of ether oxygens (including phenoxy) is 3. The van der Waals surface area contributed by atoms with Crippen molar-refractivity contribution in [3.05, 3.63) is 95.6 Å². The smallest absolute Gasteiger partial charge is 0.338 e. The van der Waals surface area contributed by atoms with Gasteiger partial charge in [0.25, 0.3) is 0 Å². The van der Waals surface area contributed by atoms with Crippen LogP contribution in [0.3, 0.4) is 0 Å². The molecule has 0 N–H and O–H groups in total. The molecular weight excluding hydrogens is 328 g/mol. The Morgan fingerprint density at radius 3 is 1.62 bits per heavy atom. The molecular formula is C22H20O4. The molecule has 0 aliphatic carbocycles. The Kier molecular flexibility index (Phi) is 5.88. The molecule has 0 radical (unpaired) electrons. The zero-order chi connectivity index (χ0) is 18.2. The third kappa shape index (κ3) is 4.86. The van der Waals surface area contributed by atoms with E-state index in [4.69, 9.17) is 14.2 Å². The predicted molar refractivity (Wildman–Crippen MR) is 99.3 cm³/mol. The summed E-state index contributed by atoms with van der Waals surface area (Å²) in [4.78, 5) is 11.9. The van der Waals surface area contributed by atoms with Crippen LogP contribution in [0.25, 0.3) is 0 Å². The molecule has 0 heterocycles. The van der Waals surface area contributed by atoms with Gasteiger partial charge in [-0.2, -0.15) is 0 Å². The normalized spacial score (nSPS) is 10.2. The zero-order valence-electron chi connectivity index (χ0n) is 14.6. The first-order valence-corrected chi connectivity index (χ1v) is 8.31. The number of hydrogen-bond donors (Lipinski definition) is 0. The van der Waals surface area contributed by atoms with Gasteiger partial charge in [-0.15, -0.1) is 0 Å². The van der Waals surface area contributed by atoms with Crippen LogP contribution in [0.1, 0.15) is 21.5 Å². The van der Waals surface area contributed by atoms with Crippen molar-refractivity contribution in [2.24, 2.45) is 0 Å². The number of carbonyl (C=O) groups is 1. The minimum atomic E-state index is -0.431. The molecule has 3 rings (SSSR count). The minimum absolute atomic E-state index is 0.390. The van der Waals surface area contributed by atoms with E-state index in [9.17, 15) is 4.79 Å². The Labute approximate surface area is 153 Å². The molecule has 0 bridgehead atoms. The molecule has 0 saturated heterocycles. The Morgan fingerprint density at radius 1 is 0.731 bits per heavy atom. The summed E-state index contributed by atoms with van der Waals surface area (Å²) in [5.41, 5.74) is 2.48. The summed E-state index contributed by atoms with van der Waals surface area (Å²) >= 11 is 0. The number of methoxy groups -OCH3 is 1.